The van der Waals surface area contributed by atoms with E-state index in [1.54, 1.807) is 21.0 Å². The first-order valence-electron chi connectivity index (χ1n) is 18.1. The Labute approximate surface area is 298 Å². The van der Waals surface area contributed by atoms with Crippen molar-refractivity contribution in [2.75, 3.05) is 26.8 Å². The van der Waals surface area contributed by atoms with Gasteiger partial charge in [0.1, 0.15) is 23.5 Å². The molecule has 0 aliphatic carbocycles. The summed E-state index contributed by atoms with van der Waals surface area (Å²) in [4.78, 5) is 26.4. The molecule has 0 radical (unpaired) electrons. The van der Waals surface area contributed by atoms with E-state index in [2.05, 4.69) is 48.9 Å². The third kappa shape index (κ3) is 9.53. The molecule has 0 spiro atoms. The Morgan fingerprint density at radius 1 is 1.08 bits per heavy atom. The molecular formula is C40H59N3O7. The number of piperidine rings is 1. The van der Waals surface area contributed by atoms with Gasteiger partial charge >= 0.3 is 0 Å². The Morgan fingerprint density at radius 3 is 2.40 bits per heavy atom. The number of aliphatic hydroxyl groups is 3. The minimum absolute atomic E-state index is 0.111. The van der Waals surface area contributed by atoms with Gasteiger partial charge in [-0.25, -0.2) is 0 Å². The van der Waals surface area contributed by atoms with Crippen LogP contribution < -0.4 is 20.7 Å². The molecule has 4 rings (SSSR count). The van der Waals surface area contributed by atoms with Gasteiger partial charge in [0.25, 0.3) is 0 Å². The van der Waals surface area contributed by atoms with E-state index in [0.29, 0.717) is 17.7 Å². The Balaban J connectivity index is 1.53. The van der Waals surface area contributed by atoms with E-state index < -0.39 is 35.4 Å². The van der Waals surface area contributed by atoms with Crippen molar-refractivity contribution in [2.24, 2.45) is 5.41 Å². The van der Waals surface area contributed by atoms with Gasteiger partial charge in [-0.3, -0.25) is 9.59 Å². The van der Waals surface area contributed by atoms with Crippen LogP contribution >= 0.6 is 0 Å². The second kappa shape index (κ2) is 16.8. The highest BCUT2D eigenvalue weighted by Gasteiger charge is 2.39. The largest absolute Gasteiger partial charge is 0.496 e. The lowest BCUT2D eigenvalue weighted by Crippen LogP contribution is -2.59. The van der Waals surface area contributed by atoms with Crippen molar-refractivity contribution < 1.29 is 34.4 Å². The maximum absolute atomic E-state index is 13.4. The van der Waals surface area contributed by atoms with E-state index >= 15 is 0 Å². The molecule has 2 aromatic rings. The van der Waals surface area contributed by atoms with Crippen molar-refractivity contribution in [3.63, 3.8) is 0 Å². The van der Waals surface area contributed by atoms with Crippen LogP contribution in [-0.2, 0) is 20.7 Å². The quantitative estimate of drug-likeness (QED) is 0.180. The highest BCUT2D eigenvalue weighted by atomic mass is 16.5. The summed E-state index contributed by atoms with van der Waals surface area (Å²) in [7, 11) is 1.59. The zero-order valence-corrected chi connectivity index (χ0v) is 31.1. The van der Waals surface area contributed by atoms with Crippen molar-refractivity contribution in [1.29, 1.82) is 0 Å². The predicted octanol–water partition coefficient (Wildman–Crippen LogP) is 4.45. The molecule has 5 atom stereocenters. The zero-order valence-electron chi connectivity index (χ0n) is 31.1. The van der Waals surface area contributed by atoms with Crippen molar-refractivity contribution in [3.8, 4) is 5.75 Å². The molecule has 2 aliphatic rings. The number of carbonyl (C=O) groups is 2. The Bertz CT molecular complexity index is 1510. The van der Waals surface area contributed by atoms with E-state index in [-0.39, 0.29) is 36.8 Å². The van der Waals surface area contributed by atoms with Gasteiger partial charge in [0.15, 0.2) is 0 Å². The average molecular weight is 694 g/mol. The number of hydrogen-bond donors (Lipinski definition) is 6. The monoisotopic (exact) mass is 693 g/mol. The first kappa shape index (κ1) is 39.5. The number of hydrogen-bond acceptors (Lipinski definition) is 8. The fraction of sp³-hybridized carbons (Fsp3) is 0.600. The molecule has 2 heterocycles. The van der Waals surface area contributed by atoms with Crippen LogP contribution in [-0.4, -0.2) is 83.8 Å². The van der Waals surface area contributed by atoms with Crippen LogP contribution in [0.1, 0.15) is 113 Å². The first-order valence-corrected chi connectivity index (χ1v) is 18.1. The molecule has 2 aromatic carbocycles. The topological polar surface area (TPSA) is 149 Å². The van der Waals surface area contributed by atoms with Gasteiger partial charge in [0, 0.05) is 18.0 Å². The highest BCUT2D eigenvalue weighted by molar-refractivity contribution is 5.93. The van der Waals surface area contributed by atoms with E-state index in [4.69, 9.17) is 9.47 Å². The Kier molecular flexibility index (Phi) is 13.3. The molecule has 1 unspecified atom stereocenters. The summed E-state index contributed by atoms with van der Waals surface area (Å²) in [5, 5.41) is 40.6. The van der Waals surface area contributed by atoms with Crippen molar-refractivity contribution in [3.05, 3.63) is 69.8 Å². The van der Waals surface area contributed by atoms with Crippen LogP contribution in [0.2, 0.25) is 0 Å². The van der Waals surface area contributed by atoms with E-state index in [9.17, 15) is 24.9 Å². The minimum Gasteiger partial charge on any atom is -0.496 e. The SMILES string of the molecule is CCC(C)c1cc(OC)c([C@@H]2O[C@H](CO)C[C@H](O)[C@H]2O)cc1Cc1ccc(/C=C/C(C)(C)C(=O)NC(C)(C)C(=O)NC2CCNCC2)cc1C. The summed E-state index contributed by atoms with van der Waals surface area (Å²) < 4.78 is 11.8. The van der Waals surface area contributed by atoms with E-state index in [1.165, 1.54) is 0 Å². The predicted molar refractivity (Wildman–Crippen MR) is 196 cm³/mol. The van der Waals surface area contributed by atoms with Crippen LogP contribution in [0, 0.1) is 12.3 Å². The van der Waals surface area contributed by atoms with Crippen LogP contribution in [0.25, 0.3) is 6.08 Å². The van der Waals surface area contributed by atoms with Crippen LogP contribution in [0.4, 0.5) is 0 Å². The molecule has 10 heteroatoms. The van der Waals surface area contributed by atoms with Gasteiger partial charge in [-0.05, 0) is 119 Å². The maximum atomic E-state index is 13.4. The lowest BCUT2D eigenvalue weighted by Gasteiger charge is -2.37. The molecular weight excluding hydrogens is 634 g/mol. The van der Waals surface area contributed by atoms with Crippen LogP contribution in [0.15, 0.2) is 36.4 Å². The number of benzene rings is 2. The van der Waals surface area contributed by atoms with Crippen molar-refractivity contribution in [1.82, 2.24) is 16.0 Å². The normalized spacial score (nSPS) is 22.7. The van der Waals surface area contributed by atoms with Gasteiger partial charge < -0.3 is 40.7 Å². The molecule has 2 amide bonds. The lowest BCUT2D eigenvalue weighted by atomic mass is 9.85. The second-order valence-electron chi connectivity index (χ2n) is 15.3. The number of carbonyl (C=O) groups excluding carboxylic acids is 2. The van der Waals surface area contributed by atoms with Gasteiger partial charge in [-0.2, -0.15) is 0 Å². The third-order valence-corrected chi connectivity index (χ3v) is 10.4. The first-order chi connectivity index (χ1) is 23.6. The molecule has 2 aliphatic heterocycles. The zero-order chi connectivity index (χ0) is 36.8. The molecule has 0 aromatic heterocycles. The molecule has 10 nitrogen and oxygen atoms in total. The Hall–Kier alpha value is -3.28. The Morgan fingerprint density at radius 2 is 1.78 bits per heavy atom. The van der Waals surface area contributed by atoms with Crippen LogP contribution in [0.5, 0.6) is 5.75 Å². The molecule has 2 saturated heterocycles. The van der Waals surface area contributed by atoms with Crippen LogP contribution in [0.3, 0.4) is 0 Å². The number of nitrogens with one attached hydrogen (secondary N) is 3. The summed E-state index contributed by atoms with van der Waals surface area (Å²) >= 11 is 0. The second-order valence-corrected chi connectivity index (χ2v) is 15.3. The minimum atomic E-state index is -1.16. The van der Waals surface area contributed by atoms with Gasteiger partial charge in [0.2, 0.25) is 11.8 Å². The standard InChI is InChI=1S/C40H59N3O7/c1-9-24(2)31-22-34(49-8)32(36-35(46)33(45)21-30(23-44)50-36)20-28(31)19-27-11-10-26(18-25(27)3)12-15-39(4,5)37(47)43-40(6,7)38(48)42-29-13-16-41-17-14-29/h10-12,15,18,20,22,24,29-30,33,35-36,41,44-46H,9,13-14,16-17,19,21,23H2,1-8H3,(H,42,48)(H,43,47)/b15-12+/t24?,30-,33-,35+,36-/m0/s1. The molecule has 0 bridgehead atoms. The molecule has 2 fully saturated rings. The van der Waals surface area contributed by atoms with Crippen molar-refractivity contribution >= 4 is 17.9 Å². The number of methoxy groups -OCH3 is 1. The highest BCUT2D eigenvalue weighted by Crippen LogP contribution is 2.40. The third-order valence-electron chi connectivity index (χ3n) is 10.4. The molecule has 50 heavy (non-hydrogen) atoms. The van der Waals surface area contributed by atoms with E-state index in [0.717, 1.165) is 60.2 Å². The van der Waals surface area contributed by atoms with Gasteiger partial charge in [-0.1, -0.05) is 44.2 Å². The van der Waals surface area contributed by atoms with Gasteiger partial charge in [-0.15, -0.1) is 0 Å². The summed E-state index contributed by atoms with van der Waals surface area (Å²) in [5.74, 6) is 0.412. The van der Waals surface area contributed by atoms with Gasteiger partial charge in [0.05, 0.1) is 31.3 Å². The summed E-state index contributed by atoms with van der Waals surface area (Å²) in [5.41, 5.74) is 4.10. The maximum Gasteiger partial charge on any atom is 0.245 e. The smallest absolute Gasteiger partial charge is 0.245 e. The van der Waals surface area contributed by atoms with Crippen molar-refractivity contribution in [2.45, 2.75) is 122 Å². The number of ether oxygens (including phenoxy) is 2. The summed E-state index contributed by atoms with van der Waals surface area (Å²) in [6.45, 7) is 15.0. The number of rotatable bonds is 13. The van der Waals surface area contributed by atoms with E-state index in [1.807, 2.05) is 44.2 Å². The lowest BCUT2D eigenvalue weighted by molar-refractivity contribution is -0.180. The molecule has 6 N–H and O–H groups in total. The molecule has 276 valence electrons. The fourth-order valence-corrected chi connectivity index (χ4v) is 6.66. The number of aliphatic hydroxyl groups excluding tert-OH is 3. The fourth-order valence-electron chi connectivity index (χ4n) is 6.66. The number of amides is 2. The average Bonchev–Trinajstić information content (AvgIpc) is 3.09. The molecule has 0 saturated carbocycles. The number of aryl methyl sites for hydroxylation is 1. The summed E-state index contributed by atoms with van der Waals surface area (Å²) in [6.07, 6.45) is 3.66. The summed E-state index contributed by atoms with van der Waals surface area (Å²) in [6, 6.07) is 10.4.